The van der Waals surface area contributed by atoms with Gasteiger partial charge in [-0.25, -0.2) is 0 Å². The second-order valence-corrected chi connectivity index (χ2v) is 8.39. The summed E-state index contributed by atoms with van der Waals surface area (Å²) >= 11 is 0. The highest BCUT2D eigenvalue weighted by molar-refractivity contribution is 5.03. The number of hydrogen-bond donors (Lipinski definition) is 0. The van der Waals surface area contributed by atoms with E-state index in [2.05, 4.69) is 19.1 Å². The SMILES string of the molecule is CCCCC/C=C\[C@H]1OC(C)(C)O[C@H]1[C@H](OCCOCC)[C@@H]1COC(C)(C)O1. The molecule has 6 heteroatoms. The Bertz CT molecular complexity index is 476. The smallest absolute Gasteiger partial charge is 0.164 e. The summed E-state index contributed by atoms with van der Waals surface area (Å²) in [5.41, 5.74) is 0. The van der Waals surface area contributed by atoms with E-state index in [0.29, 0.717) is 26.4 Å². The Kier molecular flexibility index (Phi) is 9.38. The van der Waals surface area contributed by atoms with E-state index in [4.69, 9.17) is 28.4 Å². The van der Waals surface area contributed by atoms with E-state index in [-0.39, 0.29) is 24.4 Å². The van der Waals surface area contributed by atoms with Gasteiger partial charge < -0.3 is 28.4 Å². The molecular formula is C22H40O6. The van der Waals surface area contributed by atoms with Crippen molar-refractivity contribution in [1.29, 1.82) is 0 Å². The van der Waals surface area contributed by atoms with Gasteiger partial charge >= 0.3 is 0 Å². The molecule has 28 heavy (non-hydrogen) atoms. The van der Waals surface area contributed by atoms with Gasteiger partial charge in [0.2, 0.25) is 0 Å². The van der Waals surface area contributed by atoms with E-state index >= 15 is 0 Å². The van der Waals surface area contributed by atoms with Crippen LogP contribution in [-0.2, 0) is 28.4 Å². The average molecular weight is 401 g/mol. The van der Waals surface area contributed by atoms with Gasteiger partial charge in [0.1, 0.15) is 24.4 Å². The molecule has 2 rings (SSSR count). The van der Waals surface area contributed by atoms with Gasteiger partial charge in [-0.3, -0.25) is 0 Å². The van der Waals surface area contributed by atoms with Gasteiger partial charge in [-0.1, -0.05) is 31.9 Å². The Morgan fingerprint density at radius 1 is 1.00 bits per heavy atom. The standard InChI is InChI=1S/C22H40O6/c1-7-9-10-11-12-13-17-20(28-22(5,6)26-17)19(24-15-14-23-8-2)18-16-25-21(3,4)27-18/h12-13,17-20H,7-11,14-16H2,1-6H3/b13-12-/t17-,18+,19-,20-/m1/s1. The lowest BCUT2D eigenvalue weighted by molar-refractivity contribution is -0.190. The molecule has 0 aliphatic carbocycles. The molecular weight excluding hydrogens is 360 g/mol. The molecule has 0 amide bonds. The average Bonchev–Trinajstić information content (AvgIpc) is 3.13. The molecule has 2 saturated heterocycles. The van der Waals surface area contributed by atoms with Crippen molar-refractivity contribution in [3.8, 4) is 0 Å². The molecule has 0 aromatic heterocycles. The first-order valence-electron chi connectivity index (χ1n) is 10.8. The Balaban J connectivity index is 2.07. The van der Waals surface area contributed by atoms with Gasteiger partial charge in [-0.05, 0) is 47.5 Å². The third-order valence-electron chi connectivity index (χ3n) is 4.93. The summed E-state index contributed by atoms with van der Waals surface area (Å²) in [5, 5.41) is 0. The van der Waals surface area contributed by atoms with Crippen LogP contribution in [0.2, 0.25) is 0 Å². The molecule has 0 N–H and O–H groups in total. The van der Waals surface area contributed by atoms with Crippen LogP contribution in [0.1, 0.15) is 67.2 Å². The van der Waals surface area contributed by atoms with Crippen LogP contribution in [-0.4, -0.2) is 62.4 Å². The van der Waals surface area contributed by atoms with Crippen LogP contribution in [0, 0.1) is 0 Å². The van der Waals surface area contributed by atoms with Crippen LogP contribution in [0.25, 0.3) is 0 Å². The van der Waals surface area contributed by atoms with Gasteiger partial charge in [0.15, 0.2) is 11.6 Å². The predicted octanol–water partition coefficient (Wildman–Crippen LogP) is 4.22. The molecule has 0 saturated carbocycles. The Morgan fingerprint density at radius 3 is 2.43 bits per heavy atom. The summed E-state index contributed by atoms with van der Waals surface area (Å²) in [6.45, 7) is 14.1. The second kappa shape index (κ2) is 11.0. The van der Waals surface area contributed by atoms with Gasteiger partial charge in [-0.2, -0.15) is 0 Å². The van der Waals surface area contributed by atoms with E-state index in [1.54, 1.807) is 0 Å². The first kappa shape index (κ1) is 23.8. The van der Waals surface area contributed by atoms with Crippen LogP contribution in [0.5, 0.6) is 0 Å². The van der Waals surface area contributed by atoms with Crippen molar-refractivity contribution in [3.63, 3.8) is 0 Å². The van der Waals surface area contributed by atoms with Gasteiger partial charge in [0.05, 0.1) is 19.8 Å². The molecule has 2 aliphatic rings. The summed E-state index contributed by atoms with van der Waals surface area (Å²) in [7, 11) is 0. The van der Waals surface area contributed by atoms with Gasteiger partial charge in [-0.15, -0.1) is 0 Å². The summed E-state index contributed by atoms with van der Waals surface area (Å²) < 4.78 is 36.0. The largest absolute Gasteiger partial charge is 0.379 e. The van der Waals surface area contributed by atoms with Crippen molar-refractivity contribution in [1.82, 2.24) is 0 Å². The number of unbranched alkanes of at least 4 members (excludes halogenated alkanes) is 3. The van der Waals surface area contributed by atoms with E-state index in [0.717, 1.165) is 6.42 Å². The number of allylic oxidation sites excluding steroid dienone is 1. The lowest BCUT2D eigenvalue weighted by Crippen LogP contribution is -2.46. The number of rotatable bonds is 12. The van der Waals surface area contributed by atoms with Crippen molar-refractivity contribution in [2.45, 2.75) is 103 Å². The molecule has 2 aliphatic heterocycles. The maximum Gasteiger partial charge on any atom is 0.164 e. The first-order valence-corrected chi connectivity index (χ1v) is 10.8. The fourth-order valence-electron chi connectivity index (χ4n) is 3.64. The molecule has 2 heterocycles. The summed E-state index contributed by atoms with van der Waals surface area (Å²) in [6.07, 6.45) is 8.07. The highest BCUT2D eigenvalue weighted by atomic mass is 16.8. The van der Waals surface area contributed by atoms with Crippen molar-refractivity contribution in [2.75, 3.05) is 26.4 Å². The van der Waals surface area contributed by atoms with Crippen molar-refractivity contribution < 1.29 is 28.4 Å². The van der Waals surface area contributed by atoms with Crippen molar-refractivity contribution >= 4 is 0 Å². The van der Waals surface area contributed by atoms with Crippen molar-refractivity contribution in [3.05, 3.63) is 12.2 Å². The highest BCUT2D eigenvalue weighted by Gasteiger charge is 2.50. The molecule has 6 nitrogen and oxygen atoms in total. The lowest BCUT2D eigenvalue weighted by atomic mass is 10.0. The minimum Gasteiger partial charge on any atom is -0.379 e. The third-order valence-corrected chi connectivity index (χ3v) is 4.93. The van der Waals surface area contributed by atoms with E-state index in [9.17, 15) is 0 Å². The van der Waals surface area contributed by atoms with Crippen LogP contribution < -0.4 is 0 Å². The highest BCUT2D eigenvalue weighted by Crippen LogP contribution is 2.36. The molecule has 0 aromatic rings. The van der Waals surface area contributed by atoms with Crippen LogP contribution in [0.15, 0.2) is 12.2 Å². The summed E-state index contributed by atoms with van der Waals surface area (Å²) in [6, 6.07) is 0. The molecule has 0 bridgehead atoms. The van der Waals surface area contributed by atoms with Crippen LogP contribution in [0.3, 0.4) is 0 Å². The number of hydrogen-bond acceptors (Lipinski definition) is 6. The summed E-state index contributed by atoms with van der Waals surface area (Å²) in [5.74, 6) is -1.29. The van der Waals surface area contributed by atoms with Gasteiger partial charge in [0, 0.05) is 6.61 Å². The minimum atomic E-state index is -0.667. The van der Waals surface area contributed by atoms with E-state index in [1.807, 2.05) is 34.6 Å². The van der Waals surface area contributed by atoms with Crippen LogP contribution in [0.4, 0.5) is 0 Å². The quantitative estimate of drug-likeness (QED) is 0.361. The lowest BCUT2D eigenvalue weighted by Gasteiger charge is -2.30. The van der Waals surface area contributed by atoms with Crippen LogP contribution >= 0.6 is 0 Å². The number of ether oxygens (including phenoxy) is 6. The van der Waals surface area contributed by atoms with E-state index < -0.39 is 11.6 Å². The monoisotopic (exact) mass is 400 g/mol. The fraction of sp³-hybridized carbons (Fsp3) is 0.909. The Hall–Kier alpha value is -0.500. The molecule has 0 spiro atoms. The molecule has 4 atom stereocenters. The maximum absolute atomic E-state index is 6.26. The fourth-order valence-corrected chi connectivity index (χ4v) is 3.64. The zero-order chi connectivity index (χ0) is 20.6. The molecule has 0 unspecified atom stereocenters. The topological polar surface area (TPSA) is 55.4 Å². The normalized spacial score (nSPS) is 30.3. The zero-order valence-electron chi connectivity index (χ0n) is 18.6. The van der Waals surface area contributed by atoms with E-state index in [1.165, 1.54) is 19.3 Å². The minimum absolute atomic E-state index is 0.180. The Labute approximate surface area is 170 Å². The molecule has 0 aromatic carbocycles. The van der Waals surface area contributed by atoms with Crippen molar-refractivity contribution in [2.24, 2.45) is 0 Å². The summed E-state index contributed by atoms with van der Waals surface area (Å²) in [4.78, 5) is 0. The Morgan fingerprint density at radius 2 is 1.79 bits per heavy atom. The predicted molar refractivity (Wildman–Crippen MR) is 108 cm³/mol. The van der Waals surface area contributed by atoms with Gasteiger partial charge in [0.25, 0.3) is 0 Å². The molecule has 164 valence electrons. The maximum atomic E-state index is 6.26. The molecule has 2 fully saturated rings. The third kappa shape index (κ3) is 7.39. The zero-order valence-corrected chi connectivity index (χ0v) is 18.6. The second-order valence-electron chi connectivity index (χ2n) is 8.39. The molecule has 0 radical (unpaired) electrons. The first-order chi connectivity index (χ1) is 13.3.